The predicted molar refractivity (Wildman–Crippen MR) is 76.4 cm³/mol. The molecule has 18 heavy (non-hydrogen) atoms. The van der Waals surface area contributed by atoms with Crippen LogP contribution < -0.4 is 0 Å². The van der Waals surface area contributed by atoms with E-state index in [4.69, 9.17) is 12.2 Å². The highest BCUT2D eigenvalue weighted by molar-refractivity contribution is 8.23. The highest BCUT2D eigenvalue weighted by atomic mass is 32.2. The van der Waals surface area contributed by atoms with Crippen molar-refractivity contribution in [1.29, 1.82) is 0 Å². The summed E-state index contributed by atoms with van der Waals surface area (Å²) in [5.74, 6) is 0.759. The van der Waals surface area contributed by atoms with Crippen molar-refractivity contribution in [3.05, 3.63) is 33.9 Å². The summed E-state index contributed by atoms with van der Waals surface area (Å²) in [6, 6.07) is 4.39. The van der Waals surface area contributed by atoms with Gasteiger partial charge in [0.1, 0.15) is 0 Å². The summed E-state index contributed by atoms with van der Waals surface area (Å²) >= 11 is 6.67. The quantitative estimate of drug-likeness (QED) is 0.513. The minimum Gasteiger partial charge on any atom is -0.494 e. The normalized spacial score (nSPS) is 10.7. The third-order valence-corrected chi connectivity index (χ3v) is 3.77. The number of non-ortho nitro benzene ring substituents is 1. The molecular weight excluding hydrogens is 272 g/mol. The molecule has 0 spiro atoms. The molecule has 2 aromatic rings. The Balaban J connectivity index is 2.59. The molecule has 0 saturated carbocycles. The van der Waals surface area contributed by atoms with Crippen LogP contribution in [0.1, 0.15) is 12.5 Å². The van der Waals surface area contributed by atoms with Gasteiger partial charge in [-0.1, -0.05) is 19.1 Å². The van der Waals surface area contributed by atoms with Crippen molar-refractivity contribution in [2.75, 3.05) is 5.75 Å². The van der Waals surface area contributed by atoms with Gasteiger partial charge in [-0.15, -0.1) is 11.8 Å². The summed E-state index contributed by atoms with van der Waals surface area (Å²) in [5.41, 5.74) is 1.03. The molecule has 7 heteroatoms. The molecule has 1 aromatic heterocycles. The minimum absolute atomic E-state index is 0.0237. The Morgan fingerprint density at radius 1 is 1.61 bits per heavy atom. The van der Waals surface area contributed by atoms with Crippen LogP contribution in [0.25, 0.3) is 10.9 Å². The van der Waals surface area contributed by atoms with Gasteiger partial charge in [0, 0.05) is 17.5 Å². The average Bonchev–Trinajstić information content (AvgIpc) is 2.63. The molecule has 5 nitrogen and oxygen atoms in total. The van der Waals surface area contributed by atoms with Crippen LogP contribution in [-0.2, 0) is 0 Å². The molecule has 0 saturated heterocycles. The van der Waals surface area contributed by atoms with Gasteiger partial charge in [-0.2, -0.15) is 0 Å². The number of nitrogens with zero attached hydrogens (tertiary/aromatic N) is 1. The van der Waals surface area contributed by atoms with Gasteiger partial charge in [0.05, 0.1) is 20.2 Å². The van der Waals surface area contributed by atoms with Crippen LogP contribution >= 0.6 is 24.0 Å². The average molecular weight is 282 g/mol. The number of benzene rings is 1. The molecule has 0 amide bonds. The fourth-order valence-corrected chi connectivity index (χ4v) is 2.87. The van der Waals surface area contributed by atoms with Gasteiger partial charge < -0.3 is 10.1 Å². The number of aromatic amines is 1. The monoisotopic (exact) mass is 282 g/mol. The molecule has 2 rings (SSSR count). The van der Waals surface area contributed by atoms with Gasteiger partial charge in [-0.3, -0.25) is 10.1 Å². The van der Waals surface area contributed by atoms with Crippen LogP contribution in [0.4, 0.5) is 5.69 Å². The SMILES string of the molecule is CCSC(=S)c1c(O)[nH]c2cc([N+](=O)[O-])ccc12. The van der Waals surface area contributed by atoms with E-state index in [1.807, 2.05) is 6.92 Å². The summed E-state index contributed by atoms with van der Waals surface area (Å²) in [4.78, 5) is 12.9. The number of aromatic nitrogens is 1. The Bertz CT molecular complexity index is 636. The zero-order valence-corrected chi connectivity index (χ0v) is 11.1. The molecule has 1 aromatic carbocycles. The highest BCUT2D eigenvalue weighted by Crippen LogP contribution is 2.33. The number of rotatable bonds is 3. The van der Waals surface area contributed by atoms with E-state index < -0.39 is 4.92 Å². The van der Waals surface area contributed by atoms with Crippen molar-refractivity contribution in [3.8, 4) is 5.88 Å². The lowest BCUT2D eigenvalue weighted by Crippen LogP contribution is -1.91. The lowest BCUT2D eigenvalue weighted by atomic mass is 10.2. The van der Waals surface area contributed by atoms with E-state index >= 15 is 0 Å². The molecule has 2 N–H and O–H groups in total. The van der Waals surface area contributed by atoms with Gasteiger partial charge in [0.2, 0.25) is 0 Å². The highest BCUT2D eigenvalue weighted by Gasteiger charge is 2.17. The second-order valence-corrected chi connectivity index (χ2v) is 5.50. The summed E-state index contributed by atoms with van der Waals surface area (Å²) in [7, 11) is 0. The summed E-state index contributed by atoms with van der Waals surface area (Å²) in [6.07, 6.45) is 0. The molecule has 94 valence electrons. The zero-order valence-electron chi connectivity index (χ0n) is 9.47. The predicted octanol–water partition coefficient (Wildman–Crippen LogP) is 3.21. The lowest BCUT2D eigenvalue weighted by Gasteiger charge is -2.00. The van der Waals surface area contributed by atoms with E-state index in [-0.39, 0.29) is 11.6 Å². The first kappa shape index (κ1) is 12.8. The first-order chi connectivity index (χ1) is 8.54. The Kier molecular flexibility index (Phi) is 3.53. The molecule has 0 radical (unpaired) electrons. The lowest BCUT2D eigenvalue weighted by molar-refractivity contribution is -0.384. The molecular formula is C11H10N2O3S2. The van der Waals surface area contributed by atoms with E-state index in [0.29, 0.717) is 20.7 Å². The third-order valence-electron chi connectivity index (χ3n) is 2.45. The zero-order chi connectivity index (χ0) is 13.3. The van der Waals surface area contributed by atoms with Gasteiger partial charge >= 0.3 is 0 Å². The maximum atomic E-state index is 10.7. The number of fused-ring (bicyclic) bond motifs is 1. The molecule has 0 atom stereocenters. The number of thiocarbonyl (C=S) groups is 1. The molecule has 0 aliphatic rings. The number of thioether (sulfide) groups is 1. The van der Waals surface area contributed by atoms with Crippen molar-refractivity contribution in [1.82, 2.24) is 4.98 Å². The largest absolute Gasteiger partial charge is 0.494 e. The maximum absolute atomic E-state index is 10.7. The van der Waals surface area contributed by atoms with Crippen LogP contribution in [0.5, 0.6) is 5.88 Å². The standard InChI is InChI=1S/C11H10N2O3S2/c1-2-18-11(17)9-7-4-3-6(13(15)16)5-8(7)12-10(9)14/h3-5,12,14H,2H2,1H3. The topological polar surface area (TPSA) is 79.2 Å². The van der Waals surface area contributed by atoms with Crippen molar-refractivity contribution in [2.45, 2.75) is 6.92 Å². The van der Waals surface area contributed by atoms with Crippen LogP contribution in [0.15, 0.2) is 18.2 Å². The Labute approximate surface area is 112 Å². The molecule has 0 unspecified atom stereocenters. The fourth-order valence-electron chi connectivity index (χ4n) is 1.69. The van der Waals surface area contributed by atoms with Crippen LogP contribution in [0.2, 0.25) is 0 Å². The number of hydrogen-bond acceptors (Lipinski definition) is 5. The summed E-state index contributed by atoms with van der Waals surface area (Å²) < 4.78 is 0.579. The Morgan fingerprint density at radius 3 is 2.94 bits per heavy atom. The number of nitrogens with one attached hydrogen (secondary N) is 1. The van der Waals surface area contributed by atoms with Crippen LogP contribution in [0, 0.1) is 10.1 Å². The van der Waals surface area contributed by atoms with E-state index in [0.717, 1.165) is 5.75 Å². The van der Waals surface area contributed by atoms with Crippen LogP contribution in [-0.4, -0.2) is 25.0 Å². The molecule has 0 aliphatic carbocycles. The number of H-pyrrole nitrogens is 1. The van der Waals surface area contributed by atoms with Gasteiger partial charge in [0.15, 0.2) is 5.88 Å². The Morgan fingerprint density at radius 2 is 2.33 bits per heavy atom. The number of nitro benzene ring substituents is 1. The van der Waals surface area contributed by atoms with Crippen molar-refractivity contribution >= 4 is 44.8 Å². The number of nitro groups is 1. The van der Waals surface area contributed by atoms with Crippen molar-refractivity contribution in [3.63, 3.8) is 0 Å². The van der Waals surface area contributed by atoms with E-state index in [2.05, 4.69) is 4.98 Å². The van der Waals surface area contributed by atoms with Crippen molar-refractivity contribution in [2.24, 2.45) is 0 Å². The summed E-state index contributed by atoms with van der Waals surface area (Å²) in [6.45, 7) is 1.97. The second kappa shape index (κ2) is 4.95. The number of hydrogen-bond donors (Lipinski definition) is 2. The fraction of sp³-hybridized carbons (Fsp3) is 0.182. The smallest absolute Gasteiger partial charge is 0.271 e. The number of aromatic hydroxyl groups is 1. The Hall–Kier alpha value is -1.60. The van der Waals surface area contributed by atoms with Crippen molar-refractivity contribution < 1.29 is 10.0 Å². The van der Waals surface area contributed by atoms with E-state index in [1.165, 1.54) is 23.9 Å². The maximum Gasteiger partial charge on any atom is 0.271 e. The minimum atomic E-state index is -0.476. The second-order valence-electron chi connectivity index (χ2n) is 3.56. The molecule has 0 aliphatic heterocycles. The van der Waals surface area contributed by atoms with E-state index in [9.17, 15) is 15.2 Å². The van der Waals surface area contributed by atoms with Crippen LogP contribution in [0.3, 0.4) is 0 Å². The van der Waals surface area contributed by atoms with Gasteiger partial charge in [-0.25, -0.2) is 0 Å². The first-order valence-electron chi connectivity index (χ1n) is 5.20. The van der Waals surface area contributed by atoms with E-state index in [1.54, 1.807) is 6.07 Å². The summed E-state index contributed by atoms with van der Waals surface area (Å²) in [5, 5.41) is 21.2. The molecule has 0 fully saturated rings. The van der Waals surface area contributed by atoms with Gasteiger partial charge in [0.25, 0.3) is 5.69 Å². The third kappa shape index (κ3) is 2.19. The molecule has 0 bridgehead atoms. The molecule has 1 heterocycles. The van der Waals surface area contributed by atoms with Gasteiger partial charge in [-0.05, 0) is 11.8 Å². The first-order valence-corrected chi connectivity index (χ1v) is 6.60.